The third kappa shape index (κ3) is 3.00. The van der Waals surface area contributed by atoms with Crippen molar-refractivity contribution in [1.29, 1.82) is 0 Å². The molecule has 4 nitrogen and oxygen atoms in total. The van der Waals surface area contributed by atoms with E-state index in [0.717, 1.165) is 5.69 Å². The Labute approximate surface area is 115 Å². The van der Waals surface area contributed by atoms with Crippen LogP contribution in [0.5, 0.6) is 0 Å². The first-order valence-electron chi connectivity index (χ1n) is 6.86. The molecule has 1 amide bonds. The van der Waals surface area contributed by atoms with E-state index in [4.69, 9.17) is 5.73 Å². The second-order valence-electron chi connectivity index (χ2n) is 5.66. The van der Waals surface area contributed by atoms with Gasteiger partial charge in [-0.25, -0.2) is 0 Å². The van der Waals surface area contributed by atoms with Gasteiger partial charge in [0.1, 0.15) is 0 Å². The lowest BCUT2D eigenvalue weighted by atomic mass is 10.1. The number of hydrogen-bond donors (Lipinski definition) is 2. The van der Waals surface area contributed by atoms with Crippen LogP contribution in [0.1, 0.15) is 36.5 Å². The maximum atomic E-state index is 11.9. The first-order chi connectivity index (χ1) is 8.99. The van der Waals surface area contributed by atoms with E-state index in [1.165, 1.54) is 19.3 Å². The largest absolute Gasteiger partial charge is 0.397 e. The molecule has 0 aromatic heterocycles. The Hall–Kier alpha value is -1.71. The van der Waals surface area contributed by atoms with Crippen molar-refractivity contribution < 1.29 is 4.79 Å². The standard InChI is InChI=1S/C15H23N3O/c1-10-5-4-6-13(10)17-14-8-7-11(9-12(14)16)15(19)18(2)3/h7-10,13,17H,4-6,16H2,1-3H3. The van der Waals surface area contributed by atoms with E-state index >= 15 is 0 Å². The Kier molecular flexibility index (Phi) is 3.98. The summed E-state index contributed by atoms with van der Waals surface area (Å²) in [6, 6.07) is 6.00. The number of anilines is 2. The Morgan fingerprint density at radius 2 is 2.11 bits per heavy atom. The molecule has 1 fully saturated rings. The SMILES string of the molecule is CC1CCCC1Nc1ccc(C(=O)N(C)C)cc1N. The summed E-state index contributed by atoms with van der Waals surface area (Å²) in [5.41, 5.74) is 8.27. The quantitative estimate of drug-likeness (QED) is 0.822. The molecular weight excluding hydrogens is 238 g/mol. The number of nitrogens with zero attached hydrogens (tertiary/aromatic N) is 1. The highest BCUT2D eigenvalue weighted by atomic mass is 16.2. The molecule has 1 aromatic carbocycles. The maximum Gasteiger partial charge on any atom is 0.253 e. The molecule has 19 heavy (non-hydrogen) atoms. The average Bonchev–Trinajstić information content (AvgIpc) is 2.76. The Morgan fingerprint density at radius 1 is 1.37 bits per heavy atom. The van der Waals surface area contributed by atoms with Gasteiger partial charge < -0.3 is 16.0 Å². The second kappa shape index (κ2) is 5.51. The summed E-state index contributed by atoms with van der Waals surface area (Å²) in [6.07, 6.45) is 3.74. The van der Waals surface area contributed by atoms with Crippen molar-refractivity contribution in [2.45, 2.75) is 32.2 Å². The van der Waals surface area contributed by atoms with Crippen LogP contribution in [0.15, 0.2) is 18.2 Å². The highest BCUT2D eigenvalue weighted by Crippen LogP contribution is 2.30. The van der Waals surface area contributed by atoms with Crippen molar-refractivity contribution in [2.24, 2.45) is 5.92 Å². The Bertz CT molecular complexity index is 470. The first kappa shape index (κ1) is 13.7. The van der Waals surface area contributed by atoms with Crippen LogP contribution in [-0.2, 0) is 0 Å². The lowest BCUT2D eigenvalue weighted by Gasteiger charge is -2.20. The molecular formula is C15H23N3O. The molecule has 0 saturated heterocycles. The van der Waals surface area contributed by atoms with Gasteiger partial charge in [-0.2, -0.15) is 0 Å². The zero-order valence-corrected chi connectivity index (χ0v) is 11.9. The molecule has 0 radical (unpaired) electrons. The van der Waals surface area contributed by atoms with Gasteiger partial charge in [-0.05, 0) is 37.0 Å². The van der Waals surface area contributed by atoms with Gasteiger partial charge in [-0.1, -0.05) is 13.3 Å². The molecule has 2 rings (SSSR count). The lowest BCUT2D eigenvalue weighted by molar-refractivity contribution is 0.0827. The van der Waals surface area contributed by atoms with E-state index in [9.17, 15) is 4.79 Å². The molecule has 1 saturated carbocycles. The first-order valence-corrected chi connectivity index (χ1v) is 6.86. The van der Waals surface area contributed by atoms with Crippen LogP contribution in [0.2, 0.25) is 0 Å². The van der Waals surface area contributed by atoms with Crippen molar-refractivity contribution in [3.63, 3.8) is 0 Å². The minimum atomic E-state index is -0.0208. The third-order valence-corrected chi connectivity index (χ3v) is 3.91. The number of nitrogens with two attached hydrogens (primary N) is 1. The fourth-order valence-electron chi connectivity index (χ4n) is 2.65. The molecule has 1 aliphatic carbocycles. The minimum Gasteiger partial charge on any atom is -0.397 e. The van der Waals surface area contributed by atoms with Crippen LogP contribution < -0.4 is 11.1 Å². The van der Waals surface area contributed by atoms with Crippen LogP contribution in [0.3, 0.4) is 0 Å². The van der Waals surface area contributed by atoms with E-state index < -0.39 is 0 Å². The van der Waals surface area contributed by atoms with E-state index in [1.54, 1.807) is 25.1 Å². The maximum absolute atomic E-state index is 11.9. The number of rotatable bonds is 3. The van der Waals surface area contributed by atoms with Crippen LogP contribution >= 0.6 is 0 Å². The van der Waals surface area contributed by atoms with Gasteiger partial charge >= 0.3 is 0 Å². The highest BCUT2D eigenvalue weighted by molar-refractivity contribution is 5.95. The third-order valence-electron chi connectivity index (χ3n) is 3.91. The molecule has 0 aliphatic heterocycles. The summed E-state index contributed by atoms with van der Waals surface area (Å²) in [6.45, 7) is 2.27. The number of amides is 1. The molecule has 2 unspecified atom stereocenters. The van der Waals surface area contributed by atoms with E-state index in [0.29, 0.717) is 23.2 Å². The van der Waals surface area contributed by atoms with Crippen molar-refractivity contribution in [2.75, 3.05) is 25.1 Å². The zero-order chi connectivity index (χ0) is 14.0. The highest BCUT2D eigenvalue weighted by Gasteiger charge is 2.23. The van der Waals surface area contributed by atoms with Crippen molar-refractivity contribution in [3.05, 3.63) is 23.8 Å². The number of nitrogens with one attached hydrogen (secondary N) is 1. The Balaban J connectivity index is 2.13. The summed E-state index contributed by atoms with van der Waals surface area (Å²) < 4.78 is 0. The molecule has 104 valence electrons. The molecule has 2 atom stereocenters. The summed E-state index contributed by atoms with van der Waals surface area (Å²) in [7, 11) is 3.48. The number of hydrogen-bond acceptors (Lipinski definition) is 3. The zero-order valence-electron chi connectivity index (χ0n) is 11.9. The van der Waals surface area contributed by atoms with E-state index in [-0.39, 0.29) is 5.91 Å². The van der Waals surface area contributed by atoms with Crippen LogP contribution in [0.25, 0.3) is 0 Å². The van der Waals surface area contributed by atoms with Gasteiger partial charge in [0.2, 0.25) is 0 Å². The smallest absolute Gasteiger partial charge is 0.253 e. The van der Waals surface area contributed by atoms with Crippen LogP contribution in [0.4, 0.5) is 11.4 Å². The molecule has 3 N–H and O–H groups in total. The molecule has 0 bridgehead atoms. The van der Waals surface area contributed by atoms with Crippen LogP contribution in [0, 0.1) is 5.92 Å². The summed E-state index contributed by atoms with van der Waals surface area (Å²) in [4.78, 5) is 13.4. The fourth-order valence-corrected chi connectivity index (χ4v) is 2.65. The van der Waals surface area contributed by atoms with Gasteiger partial charge in [0.05, 0.1) is 11.4 Å². The topological polar surface area (TPSA) is 58.4 Å². The van der Waals surface area contributed by atoms with Crippen molar-refractivity contribution in [1.82, 2.24) is 4.90 Å². The predicted molar refractivity (Wildman–Crippen MR) is 79.3 cm³/mol. The number of carbonyl (C=O) groups is 1. The Morgan fingerprint density at radius 3 is 2.63 bits per heavy atom. The van der Waals surface area contributed by atoms with Gasteiger partial charge in [0.15, 0.2) is 0 Å². The van der Waals surface area contributed by atoms with Crippen LogP contribution in [-0.4, -0.2) is 30.9 Å². The molecule has 4 heteroatoms. The van der Waals surface area contributed by atoms with Gasteiger partial charge in [0, 0.05) is 25.7 Å². The van der Waals surface area contributed by atoms with Gasteiger partial charge in [-0.15, -0.1) is 0 Å². The average molecular weight is 261 g/mol. The lowest BCUT2D eigenvalue weighted by Crippen LogP contribution is -2.23. The molecule has 0 spiro atoms. The number of nitrogen functional groups attached to an aromatic ring is 1. The monoisotopic (exact) mass is 261 g/mol. The fraction of sp³-hybridized carbons (Fsp3) is 0.533. The minimum absolute atomic E-state index is 0.0208. The predicted octanol–water partition coefficient (Wildman–Crippen LogP) is 2.57. The summed E-state index contributed by atoms with van der Waals surface area (Å²) in [5.74, 6) is 0.662. The number of benzene rings is 1. The molecule has 1 aromatic rings. The number of carbonyl (C=O) groups excluding carboxylic acids is 1. The van der Waals surface area contributed by atoms with E-state index in [2.05, 4.69) is 12.2 Å². The van der Waals surface area contributed by atoms with Crippen molar-refractivity contribution in [3.8, 4) is 0 Å². The molecule has 1 aliphatic rings. The van der Waals surface area contributed by atoms with E-state index in [1.807, 2.05) is 12.1 Å². The van der Waals surface area contributed by atoms with Gasteiger partial charge in [-0.3, -0.25) is 4.79 Å². The normalized spacial score (nSPS) is 22.3. The second-order valence-corrected chi connectivity index (χ2v) is 5.66. The van der Waals surface area contributed by atoms with Crippen molar-refractivity contribution >= 4 is 17.3 Å². The van der Waals surface area contributed by atoms with Gasteiger partial charge in [0.25, 0.3) is 5.91 Å². The summed E-state index contributed by atoms with van der Waals surface area (Å²) in [5, 5.41) is 3.50. The summed E-state index contributed by atoms with van der Waals surface area (Å²) >= 11 is 0. The molecule has 0 heterocycles.